The molecule has 1 atom stereocenters. The standard InChI is InChI=1S/C19H32N2/c1-5-21(15-17-7-6-12-20-13-17)14-16-8-10-18(11-9-16)19(2,3)4/h8-11,17,20H,5-7,12-15H2,1-4H3. The molecule has 1 aliphatic rings. The van der Waals surface area contributed by atoms with Gasteiger partial charge in [-0.25, -0.2) is 0 Å². The Morgan fingerprint density at radius 1 is 1.19 bits per heavy atom. The van der Waals surface area contributed by atoms with E-state index in [0.717, 1.165) is 19.0 Å². The van der Waals surface area contributed by atoms with Gasteiger partial charge in [-0.1, -0.05) is 52.0 Å². The van der Waals surface area contributed by atoms with Crippen LogP contribution in [0.25, 0.3) is 0 Å². The van der Waals surface area contributed by atoms with Crippen molar-refractivity contribution in [3.05, 3.63) is 35.4 Å². The lowest BCUT2D eigenvalue weighted by atomic mass is 9.87. The van der Waals surface area contributed by atoms with E-state index in [1.165, 1.54) is 43.6 Å². The summed E-state index contributed by atoms with van der Waals surface area (Å²) >= 11 is 0. The van der Waals surface area contributed by atoms with Crippen LogP contribution in [0.1, 0.15) is 51.7 Å². The van der Waals surface area contributed by atoms with Crippen LogP contribution in [0, 0.1) is 5.92 Å². The van der Waals surface area contributed by atoms with Gasteiger partial charge in [0, 0.05) is 13.1 Å². The minimum atomic E-state index is 0.247. The normalized spacial score (nSPS) is 20.0. The Morgan fingerprint density at radius 3 is 2.43 bits per heavy atom. The molecule has 1 heterocycles. The first-order valence-corrected chi connectivity index (χ1v) is 8.51. The van der Waals surface area contributed by atoms with Crippen LogP contribution in [0.5, 0.6) is 0 Å². The van der Waals surface area contributed by atoms with E-state index in [-0.39, 0.29) is 5.41 Å². The average Bonchev–Trinajstić information content (AvgIpc) is 2.47. The Hall–Kier alpha value is -0.860. The first-order chi connectivity index (χ1) is 9.99. The van der Waals surface area contributed by atoms with E-state index in [1.807, 2.05) is 0 Å². The zero-order valence-electron chi connectivity index (χ0n) is 14.3. The van der Waals surface area contributed by atoms with Crippen LogP contribution in [-0.4, -0.2) is 31.1 Å². The number of benzene rings is 1. The van der Waals surface area contributed by atoms with Crippen molar-refractivity contribution in [2.45, 2.75) is 52.5 Å². The first-order valence-electron chi connectivity index (χ1n) is 8.51. The number of hydrogen-bond donors (Lipinski definition) is 1. The van der Waals surface area contributed by atoms with Crippen LogP contribution in [0.15, 0.2) is 24.3 Å². The summed E-state index contributed by atoms with van der Waals surface area (Å²) in [5.41, 5.74) is 3.11. The maximum Gasteiger partial charge on any atom is 0.0233 e. The van der Waals surface area contributed by atoms with E-state index < -0.39 is 0 Å². The predicted octanol–water partition coefficient (Wildman–Crippen LogP) is 3.81. The molecule has 1 aromatic carbocycles. The van der Waals surface area contributed by atoms with Crippen LogP contribution in [0.3, 0.4) is 0 Å². The Morgan fingerprint density at radius 2 is 1.90 bits per heavy atom. The summed E-state index contributed by atoms with van der Waals surface area (Å²) in [5.74, 6) is 0.826. The quantitative estimate of drug-likeness (QED) is 0.886. The third-order valence-electron chi connectivity index (χ3n) is 4.59. The molecule has 0 radical (unpaired) electrons. The fourth-order valence-corrected chi connectivity index (χ4v) is 3.12. The van der Waals surface area contributed by atoms with Gasteiger partial charge >= 0.3 is 0 Å². The van der Waals surface area contributed by atoms with Crippen LogP contribution < -0.4 is 5.32 Å². The molecule has 118 valence electrons. The summed E-state index contributed by atoms with van der Waals surface area (Å²) in [6.45, 7) is 14.9. The van der Waals surface area contributed by atoms with Crippen molar-refractivity contribution in [2.75, 3.05) is 26.2 Å². The molecule has 1 N–H and O–H groups in total. The minimum Gasteiger partial charge on any atom is -0.316 e. The molecular weight excluding hydrogens is 256 g/mol. The van der Waals surface area contributed by atoms with Crippen molar-refractivity contribution < 1.29 is 0 Å². The zero-order valence-corrected chi connectivity index (χ0v) is 14.3. The van der Waals surface area contributed by atoms with Crippen molar-refractivity contribution in [3.8, 4) is 0 Å². The third-order valence-corrected chi connectivity index (χ3v) is 4.59. The van der Waals surface area contributed by atoms with Crippen LogP contribution in [-0.2, 0) is 12.0 Å². The highest BCUT2D eigenvalue weighted by Crippen LogP contribution is 2.22. The highest BCUT2D eigenvalue weighted by atomic mass is 15.1. The predicted molar refractivity (Wildman–Crippen MR) is 91.7 cm³/mol. The number of piperidine rings is 1. The Labute approximate surface area is 130 Å². The van der Waals surface area contributed by atoms with Crippen molar-refractivity contribution in [2.24, 2.45) is 5.92 Å². The largest absolute Gasteiger partial charge is 0.316 e. The van der Waals surface area contributed by atoms with E-state index >= 15 is 0 Å². The monoisotopic (exact) mass is 288 g/mol. The molecule has 0 saturated carbocycles. The average molecular weight is 288 g/mol. The van der Waals surface area contributed by atoms with Crippen LogP contribution in [0.4, 0.5) is 0 Å². The van der Waals surface area contributed by atoms with E-state index in [0.29, 0.717) is 0 Å². The molecule has 1 aliphatic heterocycles. The summed E-state index contributed by atoms with van der Waals surface area (Å²) in [4.78, 5) is 2.59. The second-order valence-corrected chi connectivity index (χ2v) is 7.49. The highest BCUT2D eigenvalue weighted by Gasteiger charge is 2.17. The van der Waals surface area contributed by atoms with E-state index in [9.17, 15) is 0 Å². The second-order valence-electron chi connectivity index (χ2n) is 7.49. The molecule has 0 spiro atoms. The Bertz CT molecular complexity index is 410. The van der Waals surface area contributed by atoms with Crippen molar-refractivity contribution >= 4 is 0 Å². The molecule has 2 heteroatoms. The molecule has 1 saturated heterocycles. The summed E-state index contributed by atoms with van der Waals surface area (Å²) < 4.78 is 0. The van der Waals surface area contributed by atoms with E-state index in [2.05, 4.69) is 62.2 Å². The van der Waals surface area contributed by atoms with Crippen molar-refractivity contribution in [3.63, 3.8) is 0 Å². The molecule has 2 rings (SSSR count). The lowest BCUT2D eigenvalue weighted by Gasteiger charge is -2.29. The molecule has 0 aromatic heterocycles. The maximum absolute atomic E-state index is 3.53. The lowest BCUT2D eigenvalue weighted by Crippen LogP contribution is -2.38. The van der Waals surface area contributed by atoms with Crippen molar-refractivity contribution in [1.82, 2.24) is 10.2 Å². The topological polar surface area (TPSA) is 15.3 Å². The first kappa shape index (κ1) is 16.5. The number of nitrogens with zero attached hydrogens (tertiary/aromatic N) is 1. The van der Waals surface area contributed by atoms with Crippen molar-refractivity contribution in [1.29, 1.82) is 0 Å². The zero-order chi connectivity index (χ0) is 15.3. The van der Waals surface area contributed by atoms with Gasteiger partial charge in [0.1, 0.15) is 0 Å². The number of rotatable bonds is 5. The molecule has 0 amide bonds. The molecule has 1 unspecified atom stereocenters. The van der Waals surface area contributed by atoms with Gasteiger partial charge in [-0.3, -0.25) is 4.90 Å². The van der Waals surface area contributed by atoms with Gasteiger partial charge in [-0.15, -0.1) is 0 Å². The SMILES string of the molecule is CCN(Cc1ccc(C(C)(C)C)cc1)CC1CCCNC1. The molecule has 2 nitrogen and oxygen atoms in total. The second kappa shape index (κ2) is 7.42. The van der Waals surface area contributed by atoms with E-state index in [1.54, 1.807) is 0 Å². The van der Waals surface area contributed by atoms with Gasteiger partial charge in [0.2, 0.25) is 0 Å². The maximum atomic E-state index is 3.53. The number of hydrogen-bond acceptors (Lipinski definition) is 2. The lowest BCUT2D eigenvalue weighted by molar-refractivity contribution is 0.209. The summed E-state index contributed by atoms with van der Waals surface area (Å²) in [5, 5.41) is 3.53. The van der Waals surface area contributed by atoms with Gasteiger partial charge in [0.15, 0.2) is 0 Å². The van der Waals surface area contributed by atoms with Gasteiger partial charge < -0.3 is 5.32 Å². The smallest absolute Gasteiger partial charge is 0.0233 e. The summed E-state index contributed by atoms with van der Waals surface area (Å²) in [7, 11) is 0. The van der Waals surface area contributed by atoms with Gasteiger partial charge in [-0.2, -0.15) is 0 Å². The van der Waals surface area contributed by atoms with Gasteiger partial charge in [0.05, 0.1) is 0 Å². The highest BCUT2D eigenvalue weighted by molar-refractivity contribution is 5.27. The summed E-state index contributed by atoms with van der Waals surface area (Å²) in [6, 6.07) is 9.21. The summed E-state index contributed by atoms with van der Waals surface area (Å²) in [6.07, 6.45) is 2.72. The van der Waals surface area contributed by atoms with Crippen LogP contribution >= 0.6 is 0 Å². The van der Waals surface area contributed by atoms with Gasteiger partial charge in [0.25, 0.3) is 0 Å². The minimum absolute atomic E-state index is 0.247. The molecule has 21 heavy (non-hydrogen) atoms. The van der Waals surface area contributed by atoms with Crippen LogP contribution in [0.2, 0.25) is 0 Å². The molecule has 0 aliphatic carbocycles. The third kappa shape index (κ3) is 5.12. The molecular formula is C19H32N2. The fourth-order valence-electron chi connectivity index (χ4n) is 3.12. The Balaban J connectivity index is 1.91. The molecule has 1 aromatic rings. The van der Waals surface area contributed by atoms with E-state index in [4.69, 9.17) is 0 Å². The van der Waals surface area contributed by atoms with Gasteiger partial charge in [-0.05, 0) is 54.9 Å². The fraction of sp³-hybridized carbons (Fsp3) is 0.684. The number of nitrogens with one attached hydrogen (secondary N) is 1. The molecule has 1 fully saturated rings. The molecule has 0 bridgehead atoms. The Kier molecular flexibility index (Phi) is 5.83.